The highest BCUT2D eigenvalue weighted by atomic mass is 127. The molecular weight excluding hydrogens is 498 g/mol. The van der Waals surface area contributed by atoms with Crippen LogP contribution in [0.25, 0.3) is 0 Å². The van der Waals surface area contributed by atoms with Crippen molar-refractivity contribution in [3.8, 4) is 0 Å². The molecule has 1 heterocycles. The van der Waals surface area contributed by atoms with E-state index in [-0.39, 0.29) is 35.8 Å². The Morgan fingerprint density at radius 2 is 1.90 bits per heavy atom. The minimum atomic E-state index is -0.209. The first kappa shape index (κ1) is 25.3. The number of halogens is 2. The number of benzene rings is 1. The van der Waals surface area contributed by atoms with E-state index in [0.29, 0.717) is 12.6 Å². The molecule has 1 aromatic carbocycles. The third-order valence-corrected chi connectivity index (χ3v) is 5.70. The molecule has 0 bridgehead atoms. The maximum Gasteiger partial charge on any atom is 0.191 e. The van der Waals surface area contributed by atoms with Crippen LogP contribution in [0.1, 0.15) is 43.7 Å². The van der Waals surface area contributed by atoms with E-state index in [1.165, 1.54) is 37.8 Å². The van der Waals surface area contributed by atoms with E-state index in [1.807, 2.05) is 12.1 Å². The molecule has 3 rings (SSSR count). The van der Waals surface area contributed by atoms with E-state index in [0.717, 1.165) is 57.4 Å². The molecule has 0 amide bonds. The van der Waals surface area contributed by atoms with Crippen LogP contribution in [0.4, 0.5) is 4.39 Å². The number of rotatable bonds is 9. The molecule has 170 valence electrons. The number of morpholine rings is 1. The summed E-state index contributed by atoms with van der Waals surface area (Å²) in [4.78, 5) is 6.72. The Morgan fingerprint density at radius 3 is 2.57 bits per heavy atom. The Bertz CT molecular complexity index is 620. The maximum absolute atomic E-state index is 13.4. The van der Waals surface area contributed by atoms with Gasteiger partial charge in [-0.1, -0.05) is 25.0 Å². The first-order chi connectivity index (χ1) is 14.3. The lowest BCUT2D eigenvalue weighted by Gasteiger charge is -2.35. The summed E-state index contributed by atoms with van der Waals surface area (Å²) in [5, 5.41) is 6.80. The first-order valence-electron chi connectivity index (χ1n) is 10.9. The number of nitrogens with zero attached hydrogens (tertiary/aromatic N) is 2. The molecule has 30 heavy (non-hydrogen) atoms. The van der Waals surface area contributed by atoms with Crippen molar-refractivity contribution in [2.75, 3.05) is 53.0 Å². The molecule has 1 aliphatic carbocycles. The van der Waals surface area contributed by atoms with Gasteiger partial charge in [0.2, 0.25) is 0 Å². The van der Waals surface area contributed by atoms with Crippen molar-refractivity contribution in [2.45, 2.75) is 44.2 Å². The molecule has 0 radical (unpaired) electrons. The second kappa shape index (κ2) is 14.2. The van der Waals surface area contributed by atoms with Gasteiger partial charge in [0.25, 0.3) is 0 Å². The SMILES string of the molecule is CN=C(NCCCOC1CCCC1)NCC(c1ccc(F)cc1)N1CCOCC1.I. The van der Waals surface area contributed by atoms with Crippen molar-refractivity contribution in [3.63, 3.8) is 0 Å². The number of hydrogen-bond acceptors (Lipinski definition) is 4. The molecule has 1 saturated carbocycles. The predicted molar refractivity (Wildman–Crippen MR) is 129 cm³/mol. The van der Waals surface area contributed by atoms with E-state index in [4.69, 9.17) is 9.47 Å². The Hall–Kier alpha value is -0.970. The van der Waals surface area contributed by atoms with Crippen LogP contribution in [-0.4, -0.2) is 70.0 Å². The Labute approximate surface area is 197 Å². The van der Waals surface area contributed by atoms with Crippen LogP contribution in [0.5, 0.6) is 0 Å². The van der Waals surface area contributed by atoms with Crippen molar-refractivity contribution in [1.82, 2.24) is 15.5 Å². The molecule has 0 aromatic heterocycles. The van der Waals surface area contributed by atoms with E-state index in [1.54, 1.807) is 7.05 Å². The van der Waals surface area contributed by atoms with Gasteiger partial charge in [-0.15, -0.1) is 24.0 Å². The highest BCUT2D eigenvalue weighted by Crippen LogP contribution is 2.22. The lowest BCUT2D eigenvalue weighted by molar-refractivity contribution is 0.0170. The fraction of sp³-hybridized carbons (Fsp3) is 0.682. The van der Waals surface area contributed by atoms with Gasteiger partial charge in [0.1, 0.15) is 5.82 Å². The first-order valence-corrected chi connectivity index (χ1v) is 10.9. The molecule has 6 nitrogen and oxygen atoms in total. The zero-order valence-electron chi connectivity index (χ0n) is 17.9. The van der Waals surface area contributed by atoms with E-state index in [2.05, 4.69) is 20.5 Å². The molecule has 2 aliphatic rings. The smallest absolute Gasteiger partial charge is 0.191 e. The van der Waals surface area contributed by atoms with Gasteiger partial charge in [0.05, 0.1) is 25.4 Å². The molecule has 1 saturated heterocycles. The number of nitrogens with one attached hydrogen (secondary N) is 2. The quantitative estimate of drug-likeness (QED) is 0.220. The van der Waals surface area contributed by atoms with Gasteiger partial charge in [0, 0.05) is 39.8 Å². The van der Waals surface area contributed by atoms with Crippen LogP contribution in [-0.2, 0) is 9.47 Å². The number of guanidine groups is 1. The standard InChI is InChI=1S/C22H35FN4O2.HI/c1-24-22(25-11-4-14-29-20-5-2-3-6-20)26-17-21(27-12-15-28-16-13-27)18-7-9-19(23)10-8-18;/h7-10,20-21H,2-6,11-17H2,1H3,(H2,24,25,26);1H. The fourth-order valence-corrected chi connectivity index (χ4v) is 4.03. The summed E-state index contributed by atoms with van der Waals surface area (Å²) >= 11 is 0. The highest BCUT2D eigenvalue weighted by molar-refractivity contribution is 14.0. The molecular formula is C22H36FIN4O2. The van der Waals surface area contributed by atoms with Gasteiger partial charge >= 0.3 is 0 Å². The van der Waals surface area contributed by atoms with Crippen LogP contribution < -0.4 is 10.6 Å². The van der Waals surface area contributed by atoms with Crippen molar-refractivity contribution in [3.05, 3.63) is 35.6 Å². The zero-order chi connectivity index (χ0) is 20.3. The van der Waals surface area contributed by atoms with Gasteiger partial charge in [-0.05, 0) is 37.0 Å². The Morgan fingerprint density at radius 1 is 1.20 bits per heavy atom. The number of ether oxygens (including phenoxy) is 2. The van der Waals surface area contributed by atoms with Crippen molar-refractivity contribution >= 4 is 29.9 Å². The monoisotopic (exact) mass is 534 g/mol. The largest absolute Gasteiger partial charge is 0.379 e. The maximum atomic E-state index is 13.4. The molecule has 8 heteroatoms. The van der Waals surface area contributed by atoms with Crippen molar-refractivity contribution in [1.29, 1.82) is 0 Å². The molecule has 0 spiro atoms. The summed E-state index contributed by atoms with van der Waals surface area (Å²) in [5.74, 6) is 0.575. The van der Waals surface area contributed by atoms with Gasteiger partial charge in [-0.2, -0.15) is 0 Å². The molecule has 1 aliphatic heterocycles. The van der Waals surface area contributed by atoms with Gasteiger partial charge in [0.15, 0.2) is 5.96 Å². The molecule has 1 unspecified atom stereocenters. The van der Waals surface area contributed by atoms with Gasteiger partial charge in [-0.3, -0.25) is 9.89 Å². The summed E-state index contributed by atoms with van der Waals surface area (Å²) in [5.41, 5.74) is 1.10. The summed E-state index contributed by atoms with van der Waals surface area (Å²) < 4.78 is 24.8. The molecule has 1 atom stereocenters. The fourth-order valence-electron chi connectivity index (χ4n) is 4.03. The topological polar surface area (TPSA) is 58.1 Å². The minimum Gasteiger partial charge on any atom is -0.379 e. The minimum absolute atomic E-state index is 0. The van der Waals surface area contributed by atoms with Crippen LogP contribution in [0, 0.1) is 5.82 Å². The van der Waals surface area contributed by atoms with Crippen LogP contribution in [0.2, 0.25) is 0 Å². The third-order valence-electron chi connectivity index (χ3n) is 5.70. The van der Waals surface area contributed by atoms with E-state index >= 15 is 0 Å². The third kappa shape index (κ3) is 8.28. The zero-order valence-corrected chi connectivity index (χ0v) is 20.3. The molecule has 1 aromatic rings. The summed E-state index contributed by atoms with van der Waals surface area (Å²) in [6.45, 7) is 5.51. The average Bonchev–Trinajstić information content (AvgIpc) is 3.27. The van der Waals surface area contributed by atoms with E-state index < -0.39 is 0 Å². The Balaban J connectivity index is 0.00000320. The lowest BCUT2D eigenvalue weighted by atomic mass is 10.0. The second-order valence-corrected chi connectivity index (χ2v) is 7.73. The normalized spacial score (nSPS) is 19.3. The predicted octanol–water partition coefficient (Wildman–Crippen LogP) is 3.33. The van der Waals surface area contributed by atoms with Crippen molar-refractivity contribution in [2.24, 2.45) is 4.99 Å². The summed E-state index contributed by atoms with van der Waals surface area (Å²) in [7, 11) is 1.78. The van der Waals surface area contributed by atoms with E-state index in [9.17, 15) is 4.39 Å². The van der Waals surface area contributed by atoms with Crippen LogP contribution >= 0.6 is 24.0 Å². The van der Waals surface area contributed by atoms with Crippen LogP contribution in [0.15, 0.2) is 29.3 Å². The molecule has 2 fully saturated rings. The highest BCUT2D eigenvalue weighted by Gasteiger charge is 2.23. The van der Waals surface area contributed by atoms with Gasteiger partial charge in [-0.25, -0.2) is 4.39 Å². The Kier molecular flexibility index (Phi) is 11.9. The lowest BCUT2D eigenvalue weighted by Crippen LogP contribution is -2.46. The molecule has 2 N–H and O–H groups in total. The number of hydrogen-bond donors (Lipinski definition) is 2. The number of aliphatic imine (C=N–C) groups is 1. The summed E-state index contributed by atoms with van der Waals surface area (Å²) in [6, 6.07) is 6.94. The van der Waals surface area contributed by atoms with Crippen LogP contribution in [0.3, 0.4) is 0 Å². The van der Waals surface area contributed by atoms with Gasteiger partial charge < -0.3 is 20.1 Å². The summed E-state index contributed by atoms with van der Waals surface area (Å²) in [6.07, 6.45) is 6.46. The average molecular weight is 534 g/mol. The second-order valence-electron chi connectivity index (χ2n) is 7.73. The van der Waals surface area contributed by atoms with Crippen molar-refractivity contribution < 1.29 is 13.9 Å².